The van der Waals surface area contributed by atoms with Crippen LogP contribution in [0.4, 0.5) is 17.6 Å². The van der Waals surface area contributed by atoms with E-state index in [9.17, 15) is 27.2 Å². The number of carbonyl (C=O) groups is 2. The van der Waals surface area contributed by atoms with Gasteiger partial charge < -0.3 is 10.2 Å². The summed E-state index contributed by atoms with van der Waals surface area (Å²) in [6, 6.07) is 9.70. The van der Waals surface area contributed by atoms with Crippen LogP contribution in [0.15, 0.2) is 54.7 Å². The molecule has 1 saturated heterocycles. The molecule has 2 aromatic carbocycles. The quantitative estimate of drug-likeness (QED) is 0.462. The minimum absolute atomic E-state index is 0.0296. The molecule has 0 bridgehead atoms. The molecular weight excluding hydrogens is 476 g/mol. The van der Waals surface area contributed by atoms with Crippen LogP contribution in [0.3, 0.4) is 0 Å². The number of rotatable bonds is 6. The van der Waals surface area contributed by atoms with Crippen LogP contribution in [0.1, 0.15) is 53.2 Å². The first-order valence-electron chi connectivity index (χ1n) is 11.8. The van der Waals surface area contributed by atoms with Crippen molar-refractivity contribution in [3.05, 3.63) is 77.2 Å². The van der Waals surface area contributed by atoms with Crippen molar-refractivity contribution in [2.24, 2.45) is 5.92 Å². The number of amides is 2. The third kappa shape index (κ3) is 4.84. The maximum absolute atomic E-state index is 14.7. The number of hydrogen-bond acceptors (Lipinski definition) is 3. The summed E-state index contributed by atoms with van der Waals surface area (Å²) in [6.45, 7) is 0.397. The van der Waals surface area contributed by atoms with E-state index < -0.39 is 35.5 Å². The molecule has 2 N–H and O–H groups in total. The Labute approximate surface area is 204 Å². The number of aromatic nitrogens is 2. The molecule has 36 heavy (non-hydrogen) atoms. The molecule has 2 atom stereocenters. The first-order valence-corrected chi connectivity index (χ1v) is 11.8. The number of nitrogens with zero attached hydrogens (tertiary/aromatic N) is 2. The van der Waals surface area contributed by atoms with Crippen LogP contribution in [0.25, 0.3) is 11.3 Å². The summed E-state index contributed by atoms with van der Waals surface area (Å²) >= 11 is 0. The van der Waals surface area contributed by atoms with Gasteiger partial charge in [0.2, 0.25) is 5.91 Å². The van der Waals surface area contributed by atoms with Crippen LogP contribution in [0.2, 0.25) is 0 Å². The van der Waals surface area contributed by atoms with Crippen LogP contribution in [0, 0.1) is 11.7 Å². The SMILES string of the molecule is O=C(N[C@@H](c1ccc(C(F)(F)F)cc1F)C1CC1)[C@H]1CCCN1C(=O)c1cccc(-c2ccn[nH]2)c1. The molecule has 0 unspecified atom stereocenters. The van der Waals surface area contributed by atoms with Crippen molar-refractivity contribution in [2.75, 3.05) is 6.54 Å². The highest BCUT2D eigenvalue weighted by Gasteiger charge is 2.40. The molecule has 10 heteroatoms. The molecule has 2 fully saturated rings. The van der Waals surface area contributed by atoms with E-state index in [1.165, 1.54) is 4.90 Å². The molecule has 6 nitrogen and oxygen atoms in total. The maximum atomic E-state index is 14.7. The molecule has 1 aromatic heterocycles. The van der Waals surface area contributed by atoms with Gasteiger partial charge in [0.1, 0.15) is 11.9 Å². The van der Waals surface area contributed by atoms with Gasteiger partial charge in [-0.2, -0.15) is 18.3 Å². The lowest BCUT2D eigenvalue weighted by molar-refractivity contribution is -0.137. The van der Waals surface area contributed by atoms with E-state index in [-0.39, 0.29) is 17.4 Å². The van der Waals surface area contributed by atoms with Crippen molar-refractivity contribution in [1.29, 1.82) is 0 Å². The van der Waals surface area contributed by atoms with Crippen molar-refractivity contribution in [3.8, 4) is 11.3 Å². The molecule has 1 saturated carbocycles. The minimum atomic E-state index is -4.66. The van der Waals surface area contributed by atoms with Gasteiger partial charge in [-0.15, -0.1) is 0 Å². The summed E-state index contributed by atoms with van der Waals surface area (Å²) < 4.78 is 53.6. The molecule has 2 heterocycles. The minimum Gasteiger partial charge on any atom is -0.347 e. The fourth-order valence-electron chi connectivity index (χ4n) is 4.77. The predicted octanol–water partition coefficient (Wildman–Crippen LogP) is 5.11. The summed E-state index contributed by atoms with van der Waals surface area (Å²) in [6.07, 6.45) is -0.493. The van der Waals surface area contributed by atoms with E-state index in [4.69, 9.17) is 0 Å². The number of likely N-dealkylation sites (tertiary alicyclic amines) is 1. The number of benzene rings is 2. The van der Waals surface area contributed by atoms with E-state index >= 15 is 0 Å². The monoisotopic (exact) mass is 500 g/mol. The third-order valence-corrected chi connectivity index (χ3v) is 6.79. The molecule has 5 rings (SSSR count). The summed E-state index contributed by atoms with van der Waals surface area (Å²) in [5.74, 6) is -1.78. The van der Waals surface area contributed by atoms with Gasteiger partial charge in [-0.05, 0) is 61.9 Å². The van der Waals surface area contributed by atoms with Gasteiger partial charge in [0.05, 0.1) is 17.3 Å². The molecule has 3 aromatic rings. The van der Waals surface area contributed by atoms with Gasteiger partial charge in [-0.3, -0.25) is 14.7 Å². The number of aromatic amines is 1. The molecule has 2 amide bonds. The summed E-state index contributed by atoms with van der Waals surface area (Å²) in [5, 5.41) is 9.62. The van der Waals surface area contributed by atoms with Crippen LogP contribution in [-0.4, -0.2) is 39.5 Å². The van der Waals surface area contributed by atoms with Crippen LogP contribution < -0.4 is 5.32 Å². The van der Waals surface area contributed by atoms with Crippen LogP contribution in [-0.2, 0) is 11.0 Å². The average molecular weight is 500 g/mol. The largest absolute Gasteiger partial charge is 0.416 e. The van der Waals surface area contributed by atoms with E-state index in [1.807, 2.05) is 6.07 Å². The standard InChI is InChI=1S/C26H24F4N4O2/c27-20-14-18(26(28,29)30)8-9-19(20)23(15-6-7-15)32-24(35)22-5-2-12-34(22)25(36)17-4-1-3-16(13-17)21-10-11-31-33-21/h1,3-4,8-11,13-15,22-23H,2,5-7,12H2,(H,31,33)(H,32,35)/t22-,23-/m1/s1. The predicted molar refractivity (Wildman–Crippen MR) is 123 cm³/mol. The van der Waals surface area contributed by atoms with Gasteiger partial charge in [0.15, 0.2) is 0 Å². The molecule has 1 aliphatic heterocycles. The molecule has 1 aliphatic carbocycles. The Morgan fingerprint density at radius 1 is 1.08 bits per heavy atom. The smallest absolute Gasteiger partial charge is 0.347 e. The zero-order valence-corrected chi connectivity index (χ0v) is 19.2. The Morgan fingerprint density at radius 3 is 2.56 bits per heavy atom. The fraction of sp³-hybridized carbons (Fsp3) is 0.346. The Balaban J connectivity index is 1.34. The van der Waals surface area contributed by atoms with Gasteiger partial charge in [-0.1, -0.05) is 18.2 Å². The topological polar surface area (TPSA) is 78.1 Å². The fourth-order valence-corrected chi connectivity index (χ4v) is 4.77. The average Bonchev–Trinajstić information content (AvgIpc) is 3.32. The molecule has 0 radical (unpaired) electrons. The molecule has 188 valence electrons. The van der Waals surface area contributed by atoms with Gasteiger partial charge in [-0.25, -0.2) is 4.39 Å². The second kappa shape index (κ2) is 9.40. The van der Waals surface area contributed by atoms with Crippen molar-refractivity contribution in [2.45, 2.75) is 43.9 Å². The van der Waals surface area contributed by atoms with E-state index in [0.717, 1.165) is 36.2 Å². The highest BCUT2D eigenvalue weighted by Crippen LogP contribution is 2.43. The van der Waals surface area contributed by atoms with Crippen LogP contribution >= 0.6 is 0 Å². The highest BCUT2D eigenvalue weighted by atomic mass is 19.4. The van der Waals surface area contributed by atoms with Crippen molar-refractivity contribution in [1.82, 2.24) is 20.4 Å². The Kier molecular flexibility index (Phi) is 6.27. The van der Waals surface area contributed by atoms with Gasteiger partial charge in [0, 0.05) is 29.4 Å². The first kappa shape index (κ1) is 24.0. The Bertz CT molecular complexity index is 1270. The van der Waals surface area contributed by atoms with Gasteiger partial charge in [0.25, 0.3) is 5.91 Å². The zero-order chi connectivity index (χ0) is 25.4. The van der Waals surface area contributed by atoms with E-state index in [1.54, 1.807) is 30.5 Å². The number of alkyl halides is 3. The number of H-pyrrole nitrogens is 1. The van der Waals surface area contributed by atoms with E-state index in [0.29, 0.717) is 31.0 Å². The number of halogens is 4. The van der Waals surface area contributed by atoms with Crippen LogP contribution in [0.5, 0.6) is 0 Å². The summed E-state index contributed by atoms with van der Waals surface area (Å²) in [7, 11) is 0. The van der Waals surface area contributed by atoms with E-state index in [2.05, 4.69) is 15.5 Å². The lowest BCUT2D eigenvalue weighted by Crippen LogP contribution is -2.47. The third-order valence-electron chi connectivity index (χ3n) is 6.79. The lowest BCUT2D eigenvalue weighted by Gasteiger charge is -2.27. The summed E-state index contributed by atoms with van der Waals surface area (Å²) in [4.78, 5) is 28.1. The Morgan fingerprint density at radius 2 is 1.89 bits per heavy atom. The van der Waals surface area contributed by atoms with Crippen molar-refractivity contribution < 1.29 is 27.2 Å². The van der Waals surface area contributed by atoms with Crippen molar-refractivity contribution in [3.63, 3.8) is 0 Å². The van der Waals surface area contributed by atoms with Crippen molar-refractivity contribution >= 4 is 11.8 Å². The molecule has 0 spiro atoms. The molecular formula is C26H24F4N4O2. The first-order chi connectivity index (χ1) is 17.2. The maximum Gasteiger partial charge on any atom is 0.416 e. The normalized spacial score (nSPS) is 18.8. The van der Waals surface area contributed by atoms with Gasteiger partial charge >= 0.3 is 6.18 Å². The number of carbonyl (C=O) groups excluding carboxylic acids is 2. The second-order valence-electron chi connectivity index (χ2n) is 9.27. The number of nitrogens with one attached hydrogen (secondary N) is 2. The summed E-state index contributed by atoms with van der Waals surface area (Å²) in [5.41, 5.74) is 0.919. The Hall–Kier alpha value is -3.69. The second-order valence-corrected chi connectivity index (χ2v) is 9.27. The zero-order valence-electron chi connectivity index (χ0n) is 19.2. The highest BCUT2D eigenvalue weighted by molar-refractivity contribution is 5.98. The lowest BCUT2D eigenvalue weighted by atomic mass is 9.99. The molecule has 2 aliphatic rings. The number of hydrogen-bond donors (Lipinski definition) is 2.